The molecular weight excluding hydrogens is 272 g/mol. The van der Waals surface area contributed by atoms with Crippen LogP contribution in [0.2, 0.25) is 0 Å². The maximum atomic E-state index is 12.8. The standard InChI is InChI=1S/C19H28N2O/c1-16(20-12-6-3-7-13-20)15-21-14-8-11-18(21)19(22)17-9-4-2-5-10-17/h2,4-5,9-10,16,18H,3,6-8,11-15H2,1H3. The van der Waals surface area contributed by atoms with Gasteiger partial charge < -0.3 is 0 Å². The van der Waals surface area contributed by atoms with Crippen LogP contribution in [0.5, 0.6) is 0 Å². The van der Waals surface area contributed by atoms with Crippen molar-refractivity contribution < 1.29 is 4.79 Å². The van der Waals surface area contributed by atoms with Crippen molar-refractivity contribution in [3.63, 3.8) is 0 Å². The highest BCUT2D eigenvalue weighted by Crippen LogP contribution is 2.23. The third-order valence-corrected chi connectivity index (χ3v) is 5.24. The molecule has 3 heteroatoms. The number of nitrogens with zero attached hydrogens (tertiary/aromatic N) is 2. The summed E-state index contributed by atoms with van der Waals surface area (Å²) in [7, 11) is 0. The van der Waals surface area contributed by atoms with Crippen LogP contribution < -0.4 is 0 Å². The molecule has 0 N–H and O–H groups in total. The second-order valence-electron chi connectivity index (χ2n) is 6.83. The van der Waals surface area contributed by atoms with Crippen molar-refractivity contribution in [1.29, 1.82) is 0 Å². The van der Waals surface area contributed by atoms with Gasteiger partial charge in [0, 0.05) is 18.2 Å². The number of Topliss-reactive ketones (excluding diaryl/α,β-unsaturated/α-hetero) is 1. The Hall–Kier alpha value is -1.19. The van der Waals surface area contributed by atoms with Crippen molar-refractivity contribution in [3.05, 3.63) is 35.9 Å². The van der Waals surface area contributed by atoms with Crippen LogP contribution in [-0.2, 0) is 0 Å². The minimum absolute atomic E-state index is 0.0923. The molecule has 0 saturated carbocycles. The van der Waals surface area contributed by atoms with Crippen LogP contribution >= 0.6 is 0 Å². The van der Waals surface area contributed by atoms with Gasteiger partial charge in [-0.1, -0.05) is 36.8 Å². The quantitative estimate of drug-likeness (QED) is 0.780. The Morgan fingerprint density at radius 1 is 1.09 bits per heavy atom. The van der Waals surface area contributed by atoms with E-state index in [0.29, 0.717) is 11.8 Å². The summed E-state index contributed by atoms with van der Waals surface area (Å²) in [5.74, 6) is 0.309. The molecule has 2 aliphatic rings. The van der Waals surface area contributed by atoms with Gasteiger partial charge in [-0.3, -0.25) is 14.6 Å². The van der Waals surface area contributed by atoms with Gasteiger partial charge in [0.15, 0.2) is 5.78 Å². The van der Waals surface area contributed by atoms with E-state index in [1.807, 2.05) is 30.3 Å². The summed E-state index contributed by atoms with van der Waals surface area (Å²) in [6.07, 6.45) is 6.20. The van der Waals surface area contributed by atoms with E-state index in [2.05, 4.69) is 16.7 Å². The Balaban J connectivity index is 1.61. The first-order valence-electron chi connectivity index (χ1n) is 8.83. The van der Waals surface area contributed by atoms with Crippen LogP contribution in [0, 0.1) is 0 Å². The normalized spacial score (nSPS) is 25.2. The average Bonchev–Trinajstić information content (AvgIpc) is 3.04. The lowest BCUT2D eigenvalue weighted by Crippen LogP contribution is -2.47. The van der Waals surface area contributed by atoms with Crippen LogP contribution in [-0.4, -0.2) is 53.8 Å². The summed E-state index contributed by atoms with van der Waals surface area (Å²) in [4.78, 5) is 17.8. The molecule has 1 aromatic rings. The highest BCUT2D eigenvalue weighted by atomic mass is 16.1. The van der Waals surface area contributed by atoms with Gasteiger partial charge in [0.1, 0.15) is 0 Å². The van der Waals surface area contributed by atoms with Crippen molar-refractivity contribution in [2.75, 3.05) is 26.2 Å². The molecule has 3 nitrogen and oxygen atoms in total. The molecule has 0 spiro atoms. The molecule has 0 aliphatic carbocycles. The smallest absolute Gasteiger partial charge is 0.179 e. The van der Waals surface area contributed by atoms with Crippen molar-refractivity contribution in [2.45, 2.75) is 51.1 Å². The Morgan fingerprint density at radius 3 is 2.55 bits per heavy atom. The molecule has 0 aromatic heterocycles. The zero-order chi connectivity index (χ0) is 15.4. The zero-order valence-electron chi connectivity index (χ0n) is 13.7. The number of benzene rings is 1. The monoisotopic (exact) mass is 300 g/mol. The van der Waals surface area contributed by atoms with E-state index < -0.39 is 0 Å². The lowest BCUT2D eigenvalue weighted by atomic mass is 10.0. The van der Waals surface area contributed by atoms with Crippen molar-refractivity contribution in [1.82, 2.24) is 9.80 Å². The molecule has 2 heterocycles. The van der Waals surface area contributed by atoms with Crippen LogP contribution in [0.3, 0.4) is 0 Å². The van der Waals surface area contributed by atoms with Gasteiger partial charge in [-0.25, -0.2) is 0 Å². The highest BCUT2D eigenvalue weighted by molar-refractivity contribution is 6.00. The number of hydrogen-bond acceptors (Lipinski definition) is 3. The topological polar surface area (TPSA) is 23.6 Å². The molecule has 0 amide bonds. The van der Waals surface area contributed by atoms with E-state index >= 15 is 0 Å². The van der Waals surface area contributed by atoms with E-state index in [-0.39, 0.29) is 6.04 Å². The first kappa shape index (κ1) is 15.7. The first-order chi connectivity index (χ1) is 10.8. The predicted octanol–water partition coefficient (Wildman–Crippen LogP) is 3.21. The van der Waals surface area contributed by atoms with Crippen molar-refractivity contribution in [2.24, 2.45) is 0 Å². The SMILES string of the molecule is CC(CN1CCCC1C(=O)c1ccccc1)N1CCCCC1. The van der Waals surface area contributed by atoms with Gasteiger partial charge in [-0.15, -0.1) is 0 Å². The fourth-order valence-electron chi connectivity index (χ4n) is 3.95. The van der Waals surface area contributed by atoms with Gasteiger partial charge in [0.2, 0.25) is 0 Å². The number of hydrogen-bond donors (Lipinski definition) is 0. The summed E-state index contributed by atoms with van der Waals surface area (Å²) < 4.78 is 0. The molecule has 120 valence electrons. The van der Waals surface area contributed by atoms with Crippen LogP contribution in [0.25, 0.3) is 0 Å². The maximum Gasteiger partial charge on any atom is 0.179 e. The highest BCUT2D eigenvalue weighted by Gasteiger charge is 2.32. The molecule has 3 rings (SSSR count). The van der Waals surface area contributed by atoms with Crippen LogP contribution in [0.1, 0.15) is 49.4 Å². The second-order valence-corrected chi connectivity index (χ2v) is 6.83. The third kappa shape index (κ3) is 3.58. The summed E-state index contributed by atoms with van der Waals surface area (Å²) in [5.41, 5.74) is 0.866. The van der Waals surface area contributed by atoms with Gasteiger partial charge in [0.25, 0.3) is 0 Å². The molecule has 2 saturated heterocycles. The molecule has 2 aliphatic heterocycles. The molecule has 0 radical (unpaired) electrons. The van der Waals surface area contributed by atoms with Crippen molar-refractivity contribution in [3.8, 4) is 0 Å². The van der Waals surface area contributed by atoms with E-state index in [9.17, 15) is 4.79 Å². The fraction of sp³-hybridized carbons (Fsp3) is 0.632. The minimum Gasteiger partial charge on any atom is -0.299 e. The second kappa shape index (κ2) is 7.38. The number of piperidine rings is 1. The first-order valence-corrected chi connectivity index (χ1v) is 8.83. The predicted molar refractivity (Wildman–Crippen MR) is 90.3 cm³/mol. The molecule has 0 bridgehead atoms. The van der Waals surface area contributed by atoms with Crippen molar-refractivity contribution >= 4 is 5.78 Å². The summed E-state index contributed by atoms with van der Waals surface area (Å²) in [6, 6.07) is 10.5. The molecule has 2 atom stereocenters. The van der Waals surface area contributed by atoms with Gasteiger partial charge >= 0.3 is 0 Å². The molecule has 22 heavy (non-hydrogen) atoms. The van der Waals surface area contributed by atoms with Gasteiger partial charge in [-0.2, -0.15) is 0 Å². The number of rotatable bonds is 5. The summed E-state index contributed by atoms with van der Waals surface area (Å²) in [5, 5.41) is 0. The minimum atomic E-state index is 0.0923. The number of likely N-dealkylation sites (tertiary alicyclic amines) is 2. The van der Waals surface area contributed by atoms with Gasteiger partial charge in [0.05, 0.1) is 6.04 Å². The van der Waals surface area contributed by atoms with Crippen LogP contribution in [0.4, 0.5) is 0 Å². The van der Waals surface area contributed by atoms with E-state index in [4.69, 9.17) is 0 Å². The Bertz CT molecular complexity index is 481. The largest absolute Gasteiger partial charge is 0.299 e. The van der Waals surface area contributed by atoms with E-state index in [1.54, 1.807) is 0 Å². The molecule has 2 fully saturated rings. The Morgan fingerprint density at radius 2 is 1.82 bits per heavy atom. The van der Waals surface area contributed by atoms with Crippen LogP contribution in [0.15, 0.2) is 30.3 Å². The Labute approximate surface area is 134 Å². The number of carbonyl (C=O) groups excluding carboxylic acids is 1. The lowest BCUT2D eigenvalue weighted by Gasteiger charge is -2.36. The number of carbonyl (C=O) groups is 1. The van der Waals surface area contributed by atoms with E-state index in [1.165, 1.54) is 32.4 Å². The lowest BCUT2D eigenvalue weighted by molar-refractivity contribution is 0.0803. The summed E-state index contributed by atoms with van der Waals surface area (Å²) in [6.45, 7) is 6.89. The maximum absolute atomic E-state index is 12.8. The molecule has 1 aromatic carbocycles. The number of ketones is 1. The fourth-order valence-corrected chi connectivity index (χ4v) is 3.95. The van der Waals surface area contributed by atoms with E-state index in [0.717, 1.165) is 31.5 Å². The summed E-state index contributed by atoms with van der Waals surface area (Å²) >= 11 is 0. The molecule has 2 unspecified atom stereocenters. The molecular formula is C19H28N2O. The van der Waals surface area contributed by atoms with Gasteiger partial charge in [-0.05, 0) is 52.2 Å². The average molecular weight is 300 g/mol. The third-order valence-electron chi connectivity index (χ3n) is 5.24. The Kier molecular flexibility index (Phi) is 5.27. The zero-order valence-corrected chi connectivity index (χ0v) is 13.7.